The van der Waals surface area contributed by atoms with E-state index in [1.807, 2.05) is 0 Å². The highest BCUT2D eigenvalue weighted by Crippen LogP contribution is 2.32. The van der Waals surface area contributed by atoms with E-state index in [-0.39, 0.29) is 0 Å². The second-order valence-electron chi connectivity index (χ2n) is 5.51. The predicted molar refractivity (Wildman–Crippen MR) is 79.8 cm³/mol. The molecular formula is C16H26N2O. The fraction of sp³-hybridized carbons (Fsp3) is 0.625. The quantitative estimate of drug-likeness (QED) is 0.853. The molecule has 19 heavy (non-hydrogen) atoms. The molecule has 0 saturated heterocycles. The fourth-order valence-corrected chi connectivity index (χ4v) is 2.67. The van der Waals surface area contributed by atoms with Crippen molar-refractivity contribution in [2.45, 2.75) is 32.2 Å². The lowest BCUT2D eigenvalue weighted by Crippen LogP contribution is -2.25. The minimum Gasteiger partial charge on any atom is -0.492 e. The summed E-state index contributed by atoms with van der Waals surface area (Å²) in [6, 6.07) is 7.09. The summed E-state index contributed by atoms with van der Waals surface area (Å²) in [5.74, 6) is 1.01. The van der Waals surface area contributed by atoms with Crippen LogP contribution in [0, 0.1) is 0 Å². The van der Waals surface area contributed by atoms with Crippen LogP contribution in [0.25, 0.3) is 0 Å². The summed E-state index contributed by atoms with van der Waals surface area (Å²) in [6.45, 7) is 4.90. The molecule has 0 radical (unpaired) electrons. The molecule has 0 amide bonds. The van der Waals surface area contributed by atoms with Gasteiger partial charge in [0.05, 0.1) is 0 Å². The molecule has 0 bridgehead atoms. The van der Waals surface area contributed by atoms with Crippen molar-refractivity contribution in [3.63, 3.8) is 0 Å². The number of aryl methyl sites for hydroxylation is 1. The van der Waals surface area contributed by atoms with Crippen molar-refractivity contribution in [2.75, 3.05) is 33.8 Å². The summed E-state index contributed by atoms with van der Waals surface area (Å²) in [5.41, 5.74) is 2.92. The largest absolute Gasteiger partial charge is 0.492 e. The van der Waals surface area contributed by atoms with E-state index in [0.29, 0.717) is 6.04 Å². The molecule has 3 nitrogen and oxygen atoms in total. The van der Waals surface area contributed by atoms with E-state index in [1.165, 1.54) is 30.4 Å². The number of fused-ring (bicyclic) bond motifs is 1. The molecule has 3 heteroatoms. The molecule has 1 aromatic rings. The monoisotopic (exact) mass is 262 g/mol. The molecule has 1 atom stereocenters. The summed E-state index contributed by atoms with van der Waals surface area (Å²) in [7, 11) is 4.13. The number of nitrogens with one attached hydrogen (secondary N) is 1. The van der Waals surface area contributed by atoms with Gasteiger partial charge in [-0.2, -0.15) is 0 Å². The first kappa shape index (κ1) is 14.4. The number of hydrogen-bond donors (Lipinski definition) is 1. The van der Waals surface area contributed by atoms with E-state index in [0.717, 1.165) is 25.4 Å². The second-order valence-corrected chi connectivity index (χ2v) is 5.51. The molecule has 1 N–H and O–H groups in total. The number of likely N-dealkylation sites (N-methyl/N-ethyl adjacent to an activating group) is 1. The van der Waals surface area contributed by atoms with E-state index >= 15 is 0 Å². The molecule has 1 unspecified atom stereocenters. The molecule has 1 aliphatic carbocycles. The third kappa shape index (κ3) is 3.95. The standard InChI is InChI=1S/C16H26N2O/c1-4-17-16-7-5-6-13-8-9-14(12-15(13)16)19-11-10-18(2)3/h8-9,12,16-17H,4-7,10-11H2,1-3H3. The normalized spacial score (nSPS) is 18.4. The van der Waals surface area contributed by atoms with E-state index in [2.05, 4.69) is 49.4 Å². The molecule has 0 fully saturated rings. The Labute approximate surface area is 116 Å². The highest BCUT2D eigenvalue weighted by molar-refractivity contribution is 5.39. The second kappa shape index (κ2) is 6.92. The van der Waals surface area contributed by atoms with Gasteiger partial charge in [-0.1, -0.05) is 13.0 Å². The Morgan fingerprint density at radius 1 is 1.37 bits per heavy atom. The predicted octanol–water partition coefficient (Wildman–Crippen LogP) is 2.61. The lowest BCUT2D eigenvalue weighted by Gasteiger charge is -2.26. The Morgan fingerprint density at radius 3 is 2.95 bits per heavy atom. The first-order chi connectivity index (χ1) is 9.20. The lowest BCUT2D eigenvalue weighted by molar-refractivity contribution is 0.261. The zero-order valence-corrected chi connectivity index (χ0v) is 12.4. The van der Waals surface area contributed by atoms with Crippen LogP contribution in [0.5, 0.6) is 5.75 Å². The average molecular weight is 262 g/mol. The Balaban J connectivity index is 2.05. The van der Waals surface area contributed by atoms with Crippen molar-refractivity contribution < 1.29 is 4.74 Å². The first-order valence-corrected chi connectivity index (χ1v) is 7.34. The van der Waals surface area contributed by atoms with Crippen molar-refractivity contribution >= 4 is 0 Å². The van der Waals surface area contributed by atoms with Crippen molar-refractivity contribution in [1.29, 1.82) is 0 Å². The van der Waals surface area contributed by atoms with Gasteiger partial charge in [0.2, 0.25) is 0 Å². The molecule has 1 aromatic carbocycles. The van der Waals surface area contributed by atoms with Crippen molar-refractivity contribution in [3.05, 3.63) is 29.3 Å². The number of hydrogen-bond acceptors (Lipinski definition) is 3. The highest BCUT2D eigenvalue weighted by Gasteiger charge is 2.19. The summed E-state index contributed by atoms with van der Waals surface area (Å²) < 4.78 is 5.84. The van der Waals surface area contributed by atoms with Gasteiger partial charge >= 0.3 is 0 Å². The van der Waals surface area contributed by atoms with Crippen molar-refractivity contribution in [1.82, 2.24) is 10.2 Å². The maximum Gasteiger partial charge on any atom is 0.119 e. The SMILES string of the molecule is CCNC1CCCc2ccc(OCCN(C)C)cc21. The van der Waals surface area contributed by atoms with Crippen molar-refractivity contribution in [2.24, 2.45) is 0 Å². The zero-order chi connectivity index (χ0) is 13.7. The first-order valence-electron chi connectivity index (χ1n) is 7.34. The van der Waals surface area contributed by atoms with E-state index in [9.17, 15) is 0 Å². The maximum absolute atomic E-state index is 5.84. The number of benzene rings is 1. The molecule has 0 saturated carbocycles. The van der Waals surface area contributed by atoms with Gasteiger partial charge in [0, 0.05) is 12.6 Å². The Hall–Kier alpha value is -1.06. The number of ether oxygens (including phenoxy) is 1. The van der Waals surface area contributed by atoms with Crippen LogP contribution in [0.3, 0.4) is 0 Å². The van der Waals surface area contributed by atoms with Gasteiger partial charge in [-0.05, 0) is 63.2 Å². The Bertz CT molecular complexity index is 404. The van der Waals surface area contributed by atoms with E-state index < -0.39 is 0 Å². The van der Waals surface area contributed by atoms with Crippen LogP contribution in [-0.2, 0) is 6.42 Å². The van der Waals surface area contributed by atoms with Gasteiger partial charge in [-0.25, -0.2) is 0 Å². The van der Waals surface area contributed by atoms with Crippen LogP contribution in [0.2, 0.25) is 0 Å². The Morgan fingerprint density at radius 2 is 2.21 bits per heavy atom. The summed E-state index contributed by atoms with van der Waals surface area (Å²) in [4.78, 5) is 2.14. The molecular weight excluding hydrogens is 236 g/mol. The maximum atomic E-state index is 5.84. The van der Waals surface area contributed by atoms with Crippen LogP contribution >= 0.6 is 0 Å². The van der Waals surface area contributed by atoms with Gasteiger partial charge < -0.3 is 15.0 Å². The van der Waals surface area contributed by atoms with Gasteiger partial charge in [-0.3, -0.25) is 0 Å². The van der Waals surface area contributed by atoms with Crippen LogP contribution in [-0.4, -0.2) is 38.7 Å². The number of rotatable bonds is 6. The third-order valence-corrected chi connectivity index (χ3v) is 3.69. The van der Waals surface area contributed by atoms with Crippen LogP contribution in [0.15, 0.2) is 18.2 Å². The minimum absolute atomic E-state index is 0.506. The van der Waals surface area contributed by atoms with Crippen LogP contribution in [0.4, 0.5) is 0 Å². The minimum atomic E-state index is 0.506. The lowest BCUT2D eigenvalue weighted by atomic mass is 9.87. The topological polar surface area (TPSA) is 24.5 Å². The zero-order valence-electron chi connectivity index (χ0n) is 12.4. The van der Waals surface area contributed by atoms with Gasteiger partial charge in [0.25, 0.3) is 0 Å². The molecule has 0 aliphatic heterocycles. The third-order valence-electron chi connectivity index (χ3n) is 3.69. The van der Waals surface area contributed by atoms with Crippen LogP contribution in [0.1, 0.15) is 36.9 Å². The smallest absolute Gasteiger partial charge is 0.119 e. The summed E-state index contributed by atoms with van der Waals surface area (Å²) >= 11 is 0. The molecule has 0 aromatic heterocycles. The molecule has 0 heterocycles. The van der Waals surface area contributed by atoms with E-state index in [4.69, 9.17) is 4.74 Å². The molecule has 106 valence electrons. The molecule has 2 rings (SSSR count). The van der Waals surface area contributed by atoms with Gasteiger partial charge in [0.1, 0.15) is 12.4 Å². The fourth-order valence-electron chi connectivity index (χ4n) is 2.67. The van der Waals surface area contributed by atoms with Crippen molar-refractivity contribution in [3.8, 4) is 5.75 Å². The van der Waals surface area contributed by atoms with Crippen LogP contribution < -0.4 is 10.1 Å². The highest BCUT2D eigenvalue weighted by atomic mass is 16.5. The summed E-state index contributed by atoms with van der Waals surface area (Å²) in [6.07, 6.45) is 3.72. The average Bonchev–Trinajstić information content (AvgIpc) is 2.39. The molecule has 0 spiro atoms. The summed E-state index contributed by atoms with van der Waals surface area (Å²) in [5, 5.41) is 3.58. The number of nitrogens with zero attached hydrogens (tertiary/aromatic N) is 1. The van der Waals surface area contributed by atoms with Gasteiger partial charge in [0.15, 0.2) is 0 Å². The Kier molecular flexibility index (Phi) is 5.23. The van der Waals surface area contributed by atoms with Gasteiger partial charge in [-0.15, -0.1) is 0 Å². The molecule has 1 aliphatic rings. The van der Waals surface area contributed by atoms with E-state index in [1.54, 1.807) is 0 Å².